The van der Waals surface area contributed by atoms with Crippen LogP contribution in [0.1, 0.15) is 18.9 Å². The van der Waals surface area contributed by atoms with E-state index in [4.69, 9.17) is 4.74 Å². The minimum atomic E-state index is -3.55. The molecule has 0 aromatic heterocycles. The molecule has 0 atom stereocenters. The average molecular weight is 271 g/mol. The summed E-state index contributed by atoms with van der Waals surface area (Å²) in [6.07, 6.45) is 0.0267. The van der Waals surface area contributed by atoms with Crippen LogP contribution in [0, 0.1) is 6.92 Å². The van der Waals surface area contributed by atoms with Crippen molar-refractivity contribution in [1.29, 1.82) is 0 Å². The molecular weight excluding hydrogens is 254 g/mol. The van der Waals surface area contributed by atoms with E-state index in [1.54, 1.807) is 19.1 Å². The lowest BCUT2D eigenvalue weighted by Crippen LogP contribution is -2.26. The molecule has 0 fully saturated rings. The summed E-state index contributed by atoms with van der Waals surface area (Å²) in [5, 5.41) is 0. The quantitative estimate of drug-likeness (QED) is 0.790. The van der Waals surface area contributed by atoms with Crippen LogP contribution in [0.15, 0.2) is 29.2 Å². The molecule has 0 saturated heterocycles. The Hall–Kier alpha value is -1.40. The predicted molar refractivity (Wildman–Crippen MR) is 67.6 cm³/mol. The van der Waals surface area contributed by atoms with Crippen LogP contribution in [0.2, 0.25) is 0 Å². The van der Waals surface area contributed by atoms with E-state index in [0.29, 0.717) is 6.61 Å². The summed E-state index contributed by atoms with van der Waals surface area (Å²) >= 11 is 0. The van der Waals surface area contributed by atoms with Gasteiger partial charge in [0.25, 0.3) is 0 Å². The second-order valence-electron chi connectivity index (χ2n) is 3.77. The van der Waals surface area contributed by atoms with Gasteiger partial charge in [-0.2, -0.15) is 0 Å². The largest absolute Gasteiger partial charge is 0.466 e. The second-order valence-corrected chi connectivity index (χ2v) is 5.54. The molecule has 0 bridgehead atoms. The van der Waals surface area contributed by atoms with Crippen molar-refractivity contribution in [3.8, 4) is 0 Å². The number of ether oxygens (including phenoxy) is 1. The van der Waals surface area contributed by atoms with Crippen molar-refractivity contribution in [2.24, 2.45) is 0 Å². The molecule has 0 saturated carbocycles. The summed E-state index contributed by atoms with van der Waals surface area (Å²) in [5.41, 5.74) is 0.864. The van der Waals surface area contributed by atoms with Crippen LogP contribution in [0.25, 0.3) is 0 Å². The SMILES string of the molecule is CCOC(=O)CCNS(=O)(=O)c1cccc(C)c1. The van der Waals surface area contributed by atoms with Crippen LogP contribution in [-0.2, 0) is 19.6 Å². The smallest absolute Gasteiger partial charge is 0.307 e. The minimum absolute atomic E-state index is 0.0267. The maximum Gasteiger partial charge on any atom is 0.307 e. The number of esters is 1. The first-order valence-electron chi connectivity index (χ1n) is 5.67. The lowest BCUT2D eigenvalue weighted by molar-refractivity contribution is -0.142. The Morgan fingerprint density at radius 1 is 1.39 bits per heavy atom. The number of carbonyl (C=O) groups is 1. The highest BCUT2D eigenvalue weighted by Crippen LogP contribution is 2.10. The summed E-state index contributed by atoms with van der Waals surface area (Å²) in [6.45, 7) is 3.85. The van der Waals surface area contributed by atoms with Gasteiger partial charge in [-0.05, 0) is 31.5 Å². The van der Waals surface area contributed by atoms with Gasteiger partial charge in [0.1, 0.15) is 0 Å². The summed E-state index contributed by atoms with van der Waals surface area (Å²) in [4.78, 5) is 11.3. The van der Waals surface area contributed by atoms with Gasteiger partial charge < -0.3 is 4.74 Å². The van der Waals surface area contributed by atoms with E-state index in [1.165, 1.54) is 6.07 Å². The molecule has 0 aliphatic carbocycles. The van der Waals surface area contributed by atoms with E-state index < -0.39 is 16.0 Å². The zero-order valence-electron chi connectivity index (χ0n) is 10.5. The Bertz CT molecular complexity index is 511. The molecule has 1 aromatic carbocycles. The van der Waals surface area contributed by atoms with Crippen LogP contribution in [0.5, 0.6) is 0 Å². The van der Waals surface area contributed by atoms with Crippen molar-refractivity contribution in [2.75, 3.05) is 13.2 Å². The predicted octanol–water partition coefficient (Wildman–Crippen LogP) is 1.23. The molecular formula is C12H17NO4S. The molecule has 1 N–H and O–H groups in total. The Morgan fingerprint density at radius 2 is 2.11 bits per heavy atom. The number of benzene rings is 1. The third kappa shape index (κ3) is 4.46. The van der Waals surface area contributed by atoms with Gasteiger partial charge in [-0.25, -0.2) is 13.1 Å². The fourth-order valence-electron chi connectivity index (χ4n) is 1.39. The first-order valence-corrected chi connectivity index (χ1v) is 7.16. The Kier molecular flexibility index (Phi) is 5.30. The molecule has 0 radical (unpaired) electrons. The molecule has 18 heavy (non-hydrogen) atoms. The van der Waals surface area contributed by atoms with Crippen LogP contribution < -0.4 is 4.72 Å². The lowest BCUT2D eigenvalue weighted by atomic mass is 10.2. The molecule has 5 nitrogen and oxygen atoms in total. The van der Waals surface area contributed by atoms with Crippen LogP contribution in [-0.4, -0.2) is 27.5 Å². The third-order valence-electron chi connectivity index (χ3n) is 2.23. The van der Waals surface area contributed by atoms with Crippen molar-refractivity contribution < 1.29 is 17.9 Å². The Morgan fingerprint density at radius 3 is 2.72 bits per heavy atom. The Labute approximate surface area is 107 Å². The second kappa shape index (κ2) is 6.51. The van der Waals surface area contributed by atoms with Crippen LogP contribution >= 0.6 is 0 Å². The van der Waals surface area contributed by atoms with Gasteiger partial charge >= 0.3 is 5.97 Å². The van der Waals surface area contributed by atoms with E-state index in [2.05, 4.69) is 4.72 Å². The number of nitrogens with one attached hydrogen (secondary N) is 1. The molecule has 1 aromatic rings. The summed E-state index contributed by atoms with van der Waals surface area (Å²) in [7, 11) is -3.55. The highest BCUT2D eigenvalue weighted by atomic mass is 32.2. The van der Waals surface area contributed by atoms with Crippen molar-refractivity contribution in [3.63, 3.8) is 0 Å². The molecule has 1 rings (SSSR count). The van der Waals surface area contributed by atoms with Crippen molar-refractivity contribution in [2.45, 2.75) is 25.2 Å². The third-order valence-corrected chi connectivity index (χ3v) is 3.69. The van der Waals surface area contributed by atoms with E-state index in [0.717, 1.165) is 5.56 Å². The van der Waals surface area contributed by atoms with Gasteiger partial charge in [-0.3, -0.25) is 4.79 Å². The van der Waals surface area contributed by atoms with Crippen molar-refractivity contribution in [1.82, 2.24) is 4.72 Å². The zero-order valence-corrected chi connectivity index (χ0v) is 11.3. The van der Waals surface area contributed by atoms with Gasteiger partial charge in [0, 0.05) is 6.54 Å². The summed E-state index contributed by atoms with van der Waals surface area (Å²) in [5.74, 6) is -0.413. The van der Waals surface area contributed by atoms with Crippen molar-refractivity contribution >= 4 is 16.0 Å². The maximum atomic E-state index is 11.9. The minimum Gasteiger partial charge on any atom is -0.466 e. The normalized spacial score (nSPS) is 11.2. The van der Waals surface area contributed by atoms with Gasteiger partial charge in [-0.15, -0.1) is 0 Å². The fraction of sp³-hybridized carbons (Fsp3) is 0.417. The molecule has 0 unspecified atom stereocenters. The number of hydrogen-bond donors (Lipinski definition) is 1. The lowest BCUT2D eigenvalue weighted by Gasteiger charge is -2.07. The highest BCUT2D eigenvalue weighted by molar-refractivity contribution is 7.89. The average Bonchev–Trinajstić information content (AvgIpc) is 2.29. The number of hydrogen-bond acceptors (Lipinski definition) is 4. The van der Waals surface area contributed by atoms with E-state index >= 15 is 0 Å². The molecule has 100 valence electrons. The van der Waals surface area contributed by atoms with Gasteiger partial charge in [0.15, 0.2) is 0 Å². The molecule has 0 aliphatic heterocycles. The van der Waals surface area contributed by atoms with Crippen LogP contribution in [0.3, 0.4) is 0 Å². The van der Waals surface area contributed by atoms with E-state index in [-0.39, 0.29) is 17.9 Å². The standard InChI is InChI=1S/C12H17NO4S/c1-3-17-12(14)7-8-13-18(15,16)11-6-4-5-10(2)9-11/h4-6,9,13H,3,7-8H2,1-2H3. The number of aryl methyl sites for hydroxylation is 1. The van der Waals surface area contributed by atoms with Gasteiger partial charge in [-0.1, -0.05) is 12.1 Å². The van der Waals surface area contributed by atoms with E-state index in [1.807, 2.05) is 13.0 Å². The first-order chi connectivity index (χ1) is 8.45. The van der Waals surface area contributed by atoms with Crippen molar-refractivity contribution in [3.05, 3.63) is 29.8 Å². The monoisotopic (exact) mass is 271 g/mol. The molecule has 0 spiro atoms. The van der Waals surface area contributed by atoms with Gasteiger partial charge in [0.05, 0.1) is 17.9 Å². The topological polar surface area (TPSA) is 72.5 Å². The number of carbonyl (C=O) groups excluding carboxylic acids is 1. The summed E-state index contributed by atoms with van der Waals surface area (Å²) in [6, 6.07) is 6.58. The summed E-state index contributed by atoms with van der Waals surface area (Å²) < 4.78 is 30.8. The number of rotatable bonds is 6. The molecule has 0 aliphatic rings. The Balaban J connectivity index is 2.58. The zero-order chi connectivity index (χ0) is 13.6. The van der Waals surface area contributed by atoms with Crippen LogP contribution in [0.4, 0.5) is 0 Å². The van der Waals surface area contributed by atoms with E-state index in [9.17, 15) is 13.2 Å². The fourth-order valence-corrected chi connectivity index (χ4v) is 2.52. The molecule has 0 heterocycles. The maximum absolute atomic E-state index is 11.9. The molecule has 6 heteroatoms. The van der Waals surface area contributed by atoms with Gasteiger partial charge in [0.2, 0.25) is 10.0 Å². The number of sulfonamides is 1. The highest BCUT2D eigenvalue weighted by Gasteiger charge is 2.14. The first kappa shape index (κ1) is 14.7. The molecule has 0 amide bonds.